The largest absolute Gasteiger partial charge is 0.335 e. The lowest BCUT2D eigenvalue weighted by Gasteiger charge is -2.40. The Balaban J connectivity index is 1.71. The summed E-state index contributed by atoms with van der Waals surface area (Å²) in [6.07, 6.45) is 0. The molecule has 1 atom stereocenters. The smallest absolute Gasteiger partial charge is 0.254 e. The molecule has 1 heterocycles. The molecule has 0 aliphatic carbocycles. The quantitative estimate of drug-likeness (QED) is 0.811. The van der Waals surface area contributed by atoms with Crippen molar-refractivity contribution in [2.24, 2.45) is 0 Å². The van der Waals surface area contributed by atoms with Crippen LogP contribution in [0.4, 0.5) is 0 Å². The minimum Gasteiger partial charge on any atom is -0.335 e. The van der Waals surface area contributed by atoms with Crippen LogP contribution in [0.5, 0.6) is 0 Å². The minimum absolute atomic E-state index is 0.0108. The lowest BCUT2D eigenvalue weighted by molar-refractivity contribution is 0.0414. The highest BCUT2D eigenvalue weighted by atomic mass is 16.2. The van der Waals surface area contributed by atoms with Crippen LogP contribution in [0.3, 0.4) is 0 Å². The summed E-state index contributed by atoms with van der Waals surface area (Å²) in [6.45, 7) is 11.8. The first-order valence-corrected chi connectivity index (χ1v) is 9.52. The van der Waals surface area contributed by atoms with Crippen LogP contribution in [-0.2, 0) is 0 Å². The summed E-state index contributed by atoms with van der Waals surface area (Å²) in [6, 6.07) is 11.7. The van der Waals surface area contributed by atoms with Crippen molar-refractivity contribution in [2.75, 3.05) is 19.6 Å². The van der Waals surface area contributed by atoms with Crippen LogP contribution >= 0.6 is 0 Å². The molecule has 1 saturated heterocycles. The highest BCUT2D eigenvalue weighted by Crippen LogP contribution is 2.19. The predicted molar refractivity (Wildman–Crippen MR) is 108 cm³/mol. The minimum atomic E-state index is -0.0108. The van der Waals surface area contributed by atoms with Gasteiger partial charge in [0.05, 0.1) is 0 Å². The highest BCUT2D eigenvalue weighted by molar-refractivity contribution is 5.96. The molecule has 2 amide bonds. The molecule has 0 unspecified atom stereocenters. The van der Waals surface area contributed by atoms with Crippen molar-refractivity contribution in [3.05, 3.63) is 69.8 Å². The molecule has 0 radical (unpaired) electrons. The van der Waals surface area contributed by atoms with Gasteiger partial charge in [0.15, 0.2) is 0 Å². The summed E-state index contributed by atoms with van der Waals surface area (Å²) in [7, 11) is 0. The zero-order valence-corrected chi connectivity index (χ0v) is 16.9. The van der Waals surface area contributed by atoms with E-state index in [4.69, 9.17) is 0 Å². The van der Waals surface area contributed by atoms with Crippen LogP contribution in [0.1, 0.15) is 49.9 Å². The predicted octanol–water partition coefficient (Wildman–Crippen LogP) is 3.91. The van der Waals surface area contributed by atoms with Crippen LogP contribution in [0.15, 0.2) is 36.4 Å². The molecule has 3 rings (SSSR count). The van der Waals surface area contributed by atoms with Gasteiger partial charge in [-0.05, 0) is 81.1 Å². The van der Waals surface area contributed by atoms with Gasteiger partial charge in [-0.15, -0.1) is 0 Å². The van der Waals surface area contributed by atoms with Crippen molar-refractivity contribution < 1.29 is 9.59 Å². The Kier molecular flexibility index (Phi) is 5.36. The number of carbonyl (C=O) groups excluding carboxylic acids is 2. The Hall–Kier alpha value is -2.62. The Labute approximate surface area is 161 Å². The number of amides is 2. The third-order valence-electron chi connectivity index (χ3n) is 5.68. The Morgan fingerprint density at radius 3 is 1.78 bits per heavy atom. The SMILES string of the molecule is Cc1ccc(C(=O)N2CCN(C(=O)c3ccc(C)c(C)c3)[C@@H](C)C2)cc1C. The summed E-state index contributed by atoms with van der Waals surface area (Å²) in [4.78, 5) is 29.5. The Bertz CT molecular complexity index is 888. The average Bonchev–Trinajstić information content (AvgIpc) is 2.65. The molecule has 4 nitrogen and oxygen atoms in total. The summed E-state index contributed by atoms with van der Waals surface area (Å²) >= 11 is 0. The summed E-state index contributed by atoms with van der Waals surface area (Å²) in [5.74, 6) is 0.0899. The molecule has 0 bridgehead atoms. The average molecular weight is 364 g/mol. The van der Waals surface area contributed by atoms with Crippen molar-refractivity contribution in [3.8, 4) is 0 Å². The van der Waals surface area contributed by atoms with E-state index in [0.29, 0.717) is 19.6 Å². The molecule has 27 heavy (non-hydrogen) atoms. The van der Waals surface area contributed by atoms with E-state index in [9.17, 15) is 9.59 Å². The normalized spacial score (nSPS) is 17.1. The van der Waals surface area contributed by atoms with E-state index in [0.717, 1.165) is 22.3 Å². The van der Waals surface area contributed by atoms with Crippen molar-refractivity contribution in [1.82, 2.24) is 9.80 Å². The van der Waals surface area contributed by atoms with E-state index in [1.165, 1.54) is 11.1 Å². The lowest BCUT2D eigenvalue weighted by atomic mass is 10.0. The third-order valence-corrected chi connectivity index (χ3v) is 5.68. The fourth-order valence-electron chi connectivity index (χ4n) is 3.54. The molecule has 1 fully saturated rings. The standard InChI is InChI=1S/C23H28N2O2/c1-15-6-8-20(12-17(15)3)22(26)24-10-11-25(19(5)14-24)23(27)21-9-7-16(2)18(4)13-21/h6-9,12-13,19H,10-11,14H2,1-5H3/t19-/m0/s1. The van der Waals surface area contributed by atoms with E-state index in [1.54, 1.807) is 0 Å². The maximum atomic E-state index is 12.9. The molecule has 0 aromatic heterocycles. The number of carbonyl (C=O) groups is 2. The van der Waals surface area contributed by atoms with Crippen molar-refractivity contribution in [3.63, 3.8) is 0 Å². The number of hydrogen-bond acceptors (Lipinski definition) is 2. The first-order valence-electron chi connectivity index (χ1n) is 9.52. The molecule has 1 aliphatic heterocycles. The van der Waals surface area contributed by atoms with Gasteiger partial charge in [-0.25, -0.2) is 0 Å². The van der Waals surface area contributed by atoms with Crippen molar-refractivity contribution >= 4 is 11.8 Å². The maximum Gasteiger partial charge on any atom is 0.254 e. The van der Waals surface area contributed by atoms with E-state index in [2.05, 4.69) is 0 Å². The van der Waals surface area contributed by atoms with E-state index < -0.39 is 0 Å². The molecule has 1 aliphatic rings. The number of piperazine rings is 1. The monoisotopic (exact) mass is 364 g/mol. The van der Waals surface area contributed by atoms with Gasteiger partial charge < -0.3 is 9.80 Å². The third kappa shape index (κ3) is 3.90. The molecule has 0 spiro atoms. The first kappa shape index (κ1) is 19.2. The van der Waals surface area contributed by atoms with Gasteiger partial charge in [-0.1, -0.05) is 12.1 Å². The number of hydrogen-bond donors (Lipinski definition) is 0. The molecule has 4 heteroatoms. The number of benzene rings is 2. The van der Waals surface area contributed by atoms with Gasteiger partial charge in [0, 0.05) is 36.8 Å². The van der Waals surface area contributed by atoms with Crippen LogP contribution in [0, 0.1) is 27.7 Å². The van der Waals surface area contributed by atoms with Crippen LogP contribution < -0.4 is 0 Å². The first-order chi connectivity index (χ1) is 12.8. The summed E-state index contributed by atoms with van der Waals surface area (Å²) < 4.78 is 0. The Morgan fingerprint density at radius 2 is 1.30 bits per heavy atom. The fourth-order valence-corrected chi connectivity index (χ4v) is 3.54. The van der Waals surface area contributed by atoms with Crippen molar-refractivity contribution in [2.45, 2.75) is 40.7 Å². The molecular weight excluding hydrogens is 336 g/mol. The second-order valence-electron chi connectivity index (χ2n) is 7.70. The molecule has 0 saturated carbocycles. The molecule has 142 valence electrons. The zero-order valence-electron chi connectivity index (χ0n) is 16.9. The molecule has 2 aromatic rings. The van der Waals surface area contributed by atoms with Crippen LogP contribution in [0.2, 0.25) is 0 Å². The Morgan fingerprint density at radius 1 is 0.778 bits per heavy atom. The second kappa shape index (κ2) is 7.55. The second-order valence-corrected chi connectivity index (χ2v) is 7.70. The van der Waals surface area contributed by atoms with E-state index in [1.807, 2.05) is 80.8 Å². The van der Waals surface area contributed by atoms with E-state index in [-0.39, 0.29) is 17.9 Å². The summed E-state index contributed by atoms with van der Waals surface area (Å²) in [5.41, 5.74) is 6.06. The van der Waals surface area contributed by atoms with Gasteiger partial charge in [-0.3, -0.25) is 9.59 Å². The molecular formula is C23H28N2O2. The fraction of sp³-hybridized carbons (Fsp3) is 0.391. The summed E-state index contributed by atoms with van der Waals surface area (Å²) in [5, 5.41) is 0. The van der Waals surface area contributed by atoms with Gasteiger partial charge in [0.2, 0.25) is 0 Å². The molecule has 2 aromatic carbocycles. The maximum absolute atomic E-state index is 12.9. The van der Waals surface area contributed by atoms with E-state index >= 15 is 0 Å². The van der Waals surface area contributed by atoms with Gasteiger partial charge >= 0.3 is 0 Å². The molecule has 0 N–H and O–H groups in total. The van der Waals surface area contributed by atoms with Crippen LogP contribution in [0.25, 0.3) is 0 Å². The topological polar surface area (TPSA) is 40.6 Å². The van der Waals surface area contributed by atoms with Gasteiger partial charge in [0.1, 0.15) is 0 Å². The van der Waals surface area contributed by atoms with Crippen molar-refractivity contribution in [1.29, 1.82) is 0 Å². The van der Waals surface area contributed by atoms with Gasteiger partial charge in [-0.2, -0.15) is 0 Å². The lowest BCUT2D eigenvalue weighted by Crippen LogP contribution is -2.55. The van der Waals surface area contributed by atoms with Crippen LogP contribution in [-0.4, -0.2) is 47.3 Å². The number of nitrogens with zero attached hydrogens (tertiary/aromatic N) is 2. The zero-order chi connectivity index (χ0) is 19.7. The highest BCUT2D eigenvalue weighted by Gasteiger charge is 2.30. The number of aryl methyl sites for hydroxylation is 4. The van der Waals surface area contributed by atoms with Gasteiger partial charge in [0.25, 0.3) is 11.8 Å². The number of rotatable bonds is 2.